The maximum absolute atomic E-state index is 4.32. The van der Waals surface area contributed by atoms with Crippen LogP contribution in [0, 0.1) is 0 Å². The van der Waals surface area contributed by atoms with Crippen molar-refractivity contribution in [2.45, 2.75) is 18.8 Å². The summed E-state index contributed by atoms with van der Waals surface area (Å²) in [6.45, 7) is 2.20. The summed E-state index contributed by atoms with van der Waals surface area (Å²) >= 11 is 0. The molecule has 1 saturated heterocycles. The van der Waals surface area contributed by atoms with Crippen molar-refractivity contribution in [1.82, 2.24) is 19.9 Å². The largest absolute Gasteiger partial charge is 0.316 e. The van der Waals surface area contributed by atoms with Gasteiger partial charge in [-0.3, -0.25) is 0 Å². The molecule has 0 aliphatic carbocycles. The van der Waals surface area contributed by atoms with Gasteiger partial charge in [-0.25, -0.2) is 9.50 Å². The van der Waals surface area contributed by atoms with Gasteiger partial charge in [-0.15, -0.1) is 0 Å². The van der Waals surface area contributed by atoms with Crippen LogP contribution in [0.5, 0.6) is 0 Å². The Labute approximate surface area is 88.3 Å². The second-order valence-electron chi connectivity index (χ2n) is 4.01. The van der Waals surface area contributed by atoms with Crippen molar-refractivity contribution < 1.29 is 0 Å². The van der Waals surface area contributed by atoms with Gasteiger partial charge in [0.05, 0.1) is 11.9 Å². The molecule has 1 N–H and O–H groups in total. The van der Waals surface area contributed by atoms with Gasteiger partial charge in [0.25, 0.3) is 0 Å². The first-order chi connectivity index (χ1) is 7.45. The highest BCUT2D eigenvalue weighted by Gasteiger charge is 2.17. The molecular weight excluding hydrogens is 188 g/mol. The molecule has 78 valence electrons. The number of piperidine rings is 1. The molecule has 0 aromatic carbocycles. The molecule has 0 amide bonds. The SMILES string of the molecule is c1cc(C2CCCNC2)n2nccc2n1. The predicted octanol–water partition coefficient (Wildman–Crippen LogP) is 1.20. The van der Waals surface area contributed by atoms with E-state index in [0.29, 0.717) is 5.92 Å². The number of nitrogens with zero attached hydrogens (tertiary/aromatic N) is 3. The Kier molecular flexibility index (Phi) is 2.14. The average Bonchev–Trinajstić information content (AvgIpc) is 2.78. The van der Waals surface area contributed by atoms with Gasteiger partial charge in [-0.05, 0) is 25.5 Å². The van der Waals surface area contributed by atoms with Crippen molar-refractivity contribution in [3.05, 3.63) is 30.2 Å². The number of hydrogen-bond acceptors (Lipinski definition) is 3. The molecule has 2 aromatic rings. The fourth-order valence-electron chi connectivity index (χ4n) is 2.27. The van der Waals surface area contributed by atoms with Gasteiger partial charge < -0.3 is 5.32 Å². The van der Waals surface area contributed by atoms with Crippen molar-refractivity contribution in [3.8, 4) is 0 Å². The molecule has 2 aromatic heterocycles. The Morgan fingerprint density at radius 2 is 2.33 bits per heavy atom. The van der Waals surface area contributed by atoms with Gasteiger partial charge in [0.2, 0.25) is 0 Å². The van der Waals surface area contributed by atoms with E-state index >= 15 is 0 Å². The lowest BCUT2D eigenvalue weighted by atomic mass is 9.96. The van der Waals surface area contributed by atoms with E-state index in [1.54, 1.807) is 0 Å². The minimum Gasteiger partial charge on any atom is -0.316 e. The lowest BCUT2D eigenvalue weighted by molar-refractivity contribution is 0.448. The molecule has 0 radical (unpaired) electrons. The first kappa shape index (κ1) is 8.85. The van der Waals surface area contributed by atoms with Crippen LogP contribution in [0.1, 0.15) is 24.5 Å². The fraction of sp³-hybridized carbons (Fsp3) is 0.455. The summed E-state index contributed by atoms with van der Waals surface area (Å²) in [6, 6.07) is 4.03. The van der Waals surface area contributed by atoms with Gasteiger partial charge in [-0.1, -0.05) is 0 Å². The normalized spacial score (nSPS) is 22.0. The highest BCUT2D eigenvalue weighted by molar-refractivity contribution is 5.37. The van der Waals surface area contributed by atoms with Crippen molar-refractivity contribution in [3.63, 3.8) is 0 Å². The quantitative estimate of drug-likeness (QED) is 0.755. The zero-order valence-electron chi connectivity index (χ0n) is 8.56. The molecule has 1 atom stereocenters. The van der Waals surface area contributed by atoms with Gasteiger partial charge in [-0.2, -0.15) is 5.10 Å². The molecule has 1 aliphatic heterocycles. The Balaban J connectivity index is 2.05. The van der Waals surface area contributed by atoms with Gasteiger partial charge in [0.15, 0.2) is 5.65 Å². The van der Waals surface area contributed by atoms with E-state index in [0.717, 1.165) is 18.7 Å². The van der Waals surface area contributed by atoms with E-state index in [-0.39, 0.29) is 0 Å². The van der Waals surface area contributed by atoms with Gasteiger partial charge in [0, 0.05) is 24.7 Å². The Hall–Kier alpha value is -1.42. The summed E-state index contributed by atoms with van der Waals surface area (Å²) in [6.07, 6.45) is 6.17. The van der Waals surface area contributed by atoms with E-state index in [4.69, 9.17) is 0 Å². The lowest BCUT2D eigenvalue weighted by Crippen LogP contribution is -2.29. The highest BCUT2D eigenvalue weighted by Crippen LogP contribution is 2.22. The molecule has 1 aliphatic rings. The zero-order chi connectivity index (χ0) is 10.1. The molecule has 4 heteroatoms. The summed E-state index contributed by atoms with van der Waals surface area (Å²) < 4.78 is 1.96. The minimum atomic E-state index is 0.573. The van der Waals surface area contributed by atoms with Crippen LogP contribution in [-0.4, -0.2) is 27.7 Å². The minimum absolute atomic E-state index is 0.573. The summed E-state index contributed by atoms with van der Waals surface area (Å²) in [7, 11) is 0. The molecule has 0 spiro atoms. The van der Waals surface area contributed by atoms with Gasteiger partial charge >= 0.3 is 0 Å². The Morgan fingerprint density at radius 1 is 1.33 bits per heavy atom. The van der Waals surface area contributed by atoms with E-state index in [9.17, 15) is 0 Å². The number of fused-ring (bicyclic) bond motifs is 1. The fourth-order valence-corrected chi connectivity index (χ4v) is 2.27. The van der Waals surface area contributed by atoms with E-state index in [1.165, 1.54) is 18.5 Å². The van der Waals surface area contributed by atoms with Crippen LogP contribution >= 0.6 is 0 Å². The van der Waals surface area contributed by atoms with Crippen LogP contribution in [0.4, 0.5) is 0 Å². The highest BCUT2D eigenvalue weighted by atomic mass is 15.2. The number of nitrogens with one attached hydrogen (secondary N) is 1. The average molecular weight is 202 g/mol. The molecule has 4 nitrogen and oxygen atoms in total. The topological polar surface area (TPSA) is 42.2 Å². The first-order valence-electron chi connectivity index (χ1n) is 5.44. The summed E-state index contributed by atoms with van der Waals surface area (Å²) in [5.74, 6) is 0.573. The predicted molar refractivity (Wildman–Crippen MR) is 57.8 cm³/mol. The maximum Gasteiger partial charge on any atom is 0.155 e. The van der Waals surface area contributed by atoms with Crippen molar-refractivity contribution in [2.24, 2.45) is 0 Å². The van der Waals surface area contributed by atoms with E-state index in [2.05, 4.69) is 21.5 Å². The molecular formula is C11H14N4. The molecule has 0 bridgehead atoms. The maximum atomic E-state index is 4.32. The third-order valence-electron chi connectivity index (χ3n) is 3.03. The number of rotatable bonds is 1. The van der Waals surface area contributed by atoms with Crippen LogP contribution in [-0.2, 0) is 0 Å². The monoisotopic (exact) mass is 202 g/mol. The standard InChI is InChI=1S/C11H14N4/c1-2-9(8-12-5-1)10-3-6-13-11-4-7-14-15(10)11/h3-4,6-7,9,12H,1-2,5,8H2. The third-order valence-corrected chi connectivity index (χ3v) is 3.03. The van der Waals surface area contributed by atoms with E-state index in [1.807, 2.05) is 23.0 Å². The lowest BCUT2D eigenvalue weighted by Gasteiger charge is -2.23. The van der Waals surface area contributed by atoms with Crippen molar-refractivity contribution in [1.29, 1.82) is 0 Å². The second-order valence-corrected chi connectivity index (χ2v) is 4.01. The zero-order valence-corrected chi connectivity index (χ0v) is 8.56. The second kappa shape index (κ2) is 3.62. The molecule has 15 heavy (non-hydrogen) atoms. The number of hydrogen-bond donors (Lipinski definition) is 1. The van der Waals surface area contributed by atoms with Gasteiger partial charge in [0.1, 0.15) is 0 Å². The molecule has 0 saturated carbocycles. The summed E-state index contributed by atoms with van der Waals surface area (Å²) in [5, 5.41) is 7.75. The summed E-state index contributed by atoms with van der Waals surface area (Å²) in [4.78, 5) is 4.28. The van der Waals surface area contributed by atoms with Crippen LogP contribution in [0.25, 0.3) is 5.65 Å². The number of aromatic nitrogens is 3. The van der Waals surface area contributed by atoms with Crippen molar-refractivity contribution >= 4 is 5.65 Å². The summed E-state index contributed by atoms with van der Waals surface area (Å²) in [5.41, 5.74) is 2.22. The Bertz CT molecular complexity index is 456. The molecule has 3 heterocycles. The molecule has 1 unspecified atom stereocenters. The molecule has 3 rings (SSSR count). The van der Waals surface area contributed by atoms with Crippen LogP contribution < -0.4 is 5.32 Å². The Morgan fingerprint density at radius 3 is 3.20 bits per heavy atom. The first-order valence-corrected chi connectivity index (χ1v) is 5.44. The smallest absolute Gasteiger partial charge is 0.155 e. The van der Waals surface area contributed by atoms with E-state index < -0.39 is 0 Å². The van der Waals surface area contributed by atoms with Crippen LogP contribution in [0.15, 0.2) is 24.5 Å². The van der Waals surface area contributed by atoms with Crippen molar-refractivity contribution in [2.75, 3.05) is 13.1 Å². The molecule has 1 fully saturated rings. The van der Waals surface area contributed by atoms with Crippen LogP contribution in [0.3, 0.4) is 0 Å². The van der Waals surface area contributed by atoms with Crippen LogP contribution in [0.2, 0.25) is 0 Å². The third kappa shape index (κ3) is 1.51.